The van der Waals surface area contributed by atoms with Gasteiger partial charge in [-0.25, -0.2) is 0 Å². The Morgan fingerprint density at radius 1 is 1.03 bits per heavy atom. The van der Waals surface area contributed by atoms with Gasteiger partial charge in [0.1, 0.15) is 11.6 Å². The van der Waals surface area contributed by atoms with Gasteiger partial charge in [0.25, 0.3) is 0 Å². The van der Waals surface area contributed by atoms with Crippen molar-refractivity contribution in [3.63, 3.8) is 0 Å². The summed E-state index contributed by atoms with van der Waals surface area (Å²) in [5.74, 6) is 4.59. The fourth-order valence-electron chi connectivity index (χ4n) is 3.77. The minimum Gasteiger partial charge on any atom is -0.493 e. The summed E-state index contributed by atoms with van der Waals surface area (Å²) in [6.45, 7) is 2.69. The smallest absolute Gasteiger partial charge is 0.190 e. The Morgan fingerprint density at radius 2 is 1.84 bits per heavy atom. The number of halogens is 1. The number of aryl methyl sites for hydroxylation is 2. The van der Waals surface area contributed by atoms with Crippen LogP contribution >= 0.6 is 24.0 Å². The lowest BCUT2D eigenvalue weighted by Crippen LogP contribution is -2.38. The Labute approximate surface area is 202 Å². The maximum Gasteiger partial charge on any atom is 0.190 e. The number of nitrogens with zero attached hydrogens (tertiary/aromatic N) is 4. The summed E-state index contributed by atoms with van der Waals surface area (Å²) < 4.78 is 13.0. The van der Waals surface area contributed by atoms with Crippen LogP contribution in [0.2, 0.25) is 0 Å². The van der Waals surface area contributed by atoms with E-state index in [0.29, 0.717) is 0 Å². The van der Waals surface area contributed by atoms with Crippen LogP contribution < -0.4 is 20.1 Å². The Balaban J connectivity index is 0.00000341. The highest BCUT2D eigenvalue weighted by Crippen LogP contribution is 2.27. The molecule has 2 aromatic rings. The molecule has 9 heteroatoms. The van der Waals surface area contributed by atoms with Crippen LogP contribution in [0.4, 0.5) is 0 Å². The molecule has 0 unspecified atom stereocenters. The lowest BCUT2D eigenvalue weighted by atomic mass is 10.1. The Kier molecular flexibility index (Phi) is 10.9. The Hall–Kier alpha value is -2.04. The molecule has 31 heavy (non-hydrogen) atoms. The third-order valence-corrected chi connectivity index (χ3v) is 5.43. The molecule has 1 aromatic heterocycles. The van der Waals surface area contributed by atoms with Crippen LogP contribution in [0.25, 0.3) is 0 Å². The molecule has 172 valence electrons. The predicted octanol–water partition coefficient (Wildman–Crippen LogP) is 2.98. The quantitative estimate of drug-likeness (QED) is 0.220. The summed E-state index contributed by atoms with van der Waals surface area (Å²) in [6.07, 6.45) is 7.60. The lowest BCUT2D eigenvalue weighted by molar-refractivity contribution is 0.354. The highest BCUT2D eigenvalue weighted by Gasteiger charge is 2.14. The van der Waals surface area contributed by atoms with E-state index in [0.717, 1.165) is 74.4 Å². The molecule has 1 aliphatic rings. The average Bonchev–Trinajstić information content (AvgIpc) is 3.00. The summed E-state index contributed by atoms with van der Waals surface area (Å²) in [6, 6.07) is 6.01. The van der Waals surface area contributed by atoms with Gasteiger partial charge < -0.3 is 24.7 Å². The van der Waals surface area contributed by atoms with E-state index in [1.807, 2.05) is 12.1 Å². The van der Waals surface area contributed by atoms with Crippen molar-refractivity contribution in [1.29, 1.82) is 0 Å². The summed E-state index contributed by atoms with van der Waals surface area (Å²) in [5, 5.41) is 15.5. The maximum atomic E-state index is 5.37. The van der Waals surface area contributed by atoms with Crippen LogP contribution in [-0.2, 0) is 25.8 Å². The average molecular weight is 542 g/mol. The van der Waals surface area contributed by atoms with Crippen molar-refractivity contribution in [2.75, 3.05) is 34.4 Å². The number of nitrogens with one attached hydrogen (secondary N) is 2. The molecular formula is C22H35IN6O2. The molecule has 2 N–H and O–H groups in total. The zero-order valence-corrected chi connectivity index (χ0v) is 21.1. The first-order valence-corrected chi connectivity index (χ1v) is 10.8. The van der Waals surface area contributed by atoms with Crippen LogP contribution in [0.1, 0.15) is 42.9 Å². The van der Waals surface area contributed by atoms with E-state index in [4.69, 9.17) is 9.47 Å². The molecule has 0 saturated heterocycles. The van der Waals surface area contributed by atoms with Crippen molar-refractivity contribution >= 4 is 29.9 Å². The minimum atomic E-state index is 0. The van der Waals surface area contributed by atoms with Gasteiger partial charge in [-0.3, -0.25) is 4.99 Å². The topological polar surface area (TPSA) is 85.6 Å². The van der Waals surface area contributed by atoms with E-state index < -0.39 is 0 Å². The van der Waals surface area contributed by atoms with Gasteiger partial charge >= 0.3 is 0 Å². The fourth-order valence-corrected chi connectivity index (χ4v) is 3.77. The molecule has 1 aromatic carbocycles. The minimum absolute atomic E-state index is 0. The molecule has 1 aliphatic heterocycles. The number of ether oxygens (including phenoxy) is 2. The summed E-state index contributed by atoms with van der Waals surface area (Å²) in [5.41, 5.74) is 1.18. The monoisotopic (exact) mass is 542 g/mol. The van der Waals surface area contributed by atoms with Crippen LogP contribution in [0.3, 0.4) is 0 Å². The fraction of sp³-hybridized carbons (Fsp3) is 0.591. The Morgan fingerprint density at radius 3 is 2.61 bits per heavy atom. The molecule has 0 radical (unpaired) electrons. The van der Waals surface area contributed by atoms with E-state index in [9.17, 15) is 0 Å². The van der Waals surface area contributed by atoms with Gasteiger partial charge in [0.05, 0.1) is 14.2 Å². The highest BCUT2D eigenvalue weighted by atomic mass is 127. The van der Waals surface area contributed by atoms with Crippen molar-refractivity contribution in [3.8, 4) is 11.5 Å². The van der Waals surface area contributed by atoms with E-state index in [2.05, 4.69) is 36.5 Å². The van der Waals surface area contributed by atoms with Crippen LogP contribution in [0.15, 0.2) is 23.2 Å². The standard InChI is InChI=1S/C22H34N6O2.HI/c1-23-22(25-14-12-17-10-11-18(29-2)19(16-17)30-3)24-13-7-9-21-27-26-20-8-5-4-6-15-28(20)21;/h10-11,16H,4-9,12-15H2,1-3H3,(H2,23,24,25);1H. The largest absolute Gasteiger partial charge is 0.493 e. The molecular weight excluding hydrogens is 507 g/mol. The number of rotatable bonds is 9. The van der Waals surface area contributed by atoms with Crippen LogP contribution in [0.5, 0.6) is 11.5 Å². The molecule has 0 atom stereocenters. The van der Waals surface area contributed by atoms with Gasteiger partial charge in [0, 0.05) is 39.5 Å². The number of aliphatic imine (C=N–C) groups is 1. The number of fused-ring (bicyclic) bond motifs is 1. The van der Waals surface area contributed by atoms with Gasteiger partial charge in [-0.1, -0.05) is 12.5 Å². The first kappa shape index (κ1) is 25.2. The molecule has 2 heterocycles. The molecule has 0 spiro atoms. The molecule has 0 aliphatic carbocycles. The Bertz CT molecular complexity index is 839. The number of aromatic nitrogens is 3. The second-order valence-electron chi connectivity index (χ2n) is 7.46. The van der Waals surface area contributed by atoms with Crippen molar-refractivity contribution < 1.29 is 9.47 Å². The van der Waals surface area contributed by atoms with Crippen LogP contribution in [0, 0.1) is 0 Å². The van der Waals surface area contributed by atoms with Crippen molar-refractivity contribution in [3.05, 3.63) is 35.4 Å². The molecule has 0 saturated carbocycles. The molecule has 0 bridgehead atoms. The van der Waals surface area contributed by atoms with E-state index in [1.165, 1.54) is 24.8 Å². The molecule has 0 fully saturated rings. The normalized spacial score (nSPS) is 13.6. The predicted molar refractivity (Wildman–Crippen MR) is 134 cm³/mol. The van der Waals surface area contributed by atoms with Crippen molar-refractivity contribution in [2.24, 2.45) is 4.99 Å². The van der Waals surface area contributed by atoms with Crippen LogP contribution in [-0.4, -0.2) is 55.1 Å². The SMILES string of the molecule is CN=C(NCCCc1nnc2n1CCCCC2)NCCc1ccc(OC)c(OC)c1.I. The van der Waals surface area contributed by atoms with Crippen molar-refractivity contribution in [1.82, 2.24) is 25.4 Å². The summed E-state index contributed by atoms with van der Waals surface area (Å²) in [4.78, 5) is 4.31. The zero-order valence-electron chi connectivity index (χ0n) is 18.8. The van der Waals surface area contributed by atoms with Gasteiger partial charge in [-0.2, -0.15) is 0 Å². The second-order valence-corrected chi connectivity index (χ2v) is 7.46. The maximum absolute atomic E-state index is 5.37. The highest BCUT2D eigenvalue weighted by molar-refractivity contribution is 14.0. The lowest BCUT2D eigenvalue weighted by Gasteiger charge is -2.13. The zero-order chi connectivity index (χ0) is 21.2. The van der Waals surface area contributed by atoms with Gasteiger partial charge in [-0.05, 0) is 43.4 Å². The van der Waals surface area contributed by atoms with E-state index in [-0.39, 0.29) is 24.0 Å². The van der Waals surface area contributed by atoms with E-state index in [1.54, 1.807) is 21.3 Å². The van der Waals surface area contributed by atoms with Crippen molar-refractivity contribution in [2.45, 2.75) is 51.5 Å². The molecule has 3 rings (SSSR count). The number of hydrogen-bond acceptors (Lipinski definition) is 5. The molecule has 0 amide bonds. The first-order chi connectivity index (χ1) is 14.7. The number of hydrogen-bond donors (Lipinski definition) is 2. The van der Waals surface area contributed by atoms with Gasteiger partial charge in [-0.15, -0.1) is 34.2 Å². The first-order valence-electron chi connectivity index (χ1n) is 10.8. The number of guanidine groups is 1. The molecule has 8 nitrogen and oxygen atoms in total. The third-order valence-electron chi connectivity index (χ3n) is 5.43. The second kappa shape index (κ2) is 13.4. The number of benzene rings is 1. The summed E-state index contributed by atoms with van der Waals surface area (Å²) >= 11 is 0. The van der Waals surface area contributed by atoms with E-state index >= 15 is 0 Å². The summed E-state index contributed by atoms with van der Waals surface area (Å²) in [7, 11) is 5.10. The number of methoxy groups -OCH3 is 2. The van der Waals surface area contributed by atoms with Gasteiger partial charge in [0.2, 0.25) is 0 Å². The van der Waals surface area contributed by atoms with Gasteiger partial charge in [0.15, 0.2) is 17.5 Å². The third kappa shape index (κ3) is 7.26.